The van der Waals surface area contributed by atoms with E-state index >= 15 is 0 Å². The van der Waals surface area contributed by atoms with E-state index in [1.165, 1.54) is 5.71 Å². The van der Waals surface area contributed by atoms with Crippen LogP contribution < -0.4 is 5.32 Å². The standard InChI is InChI=1S/C7H12N2/c1-3-7-6(2)8-4-5-9-7/h4-5,7,9H,3H2,1-2H3. The Kier molecular flexibility index (Phi) is 1.88. The summed E-state index contributed by atoms with van der Waals surface area (Å²) in [5.41, 5.74) is 1.18. The van der Waals surface area contributed by atoms with Crippen LogP contribution in [0.15, 0.2) is 17.4 Å². The Balaban J connectivity index is 2.59. The lowest BCUT2D eigenvalue weighted by Crippen LogP contribution is -2.32. The first-order chi connectivity index (χ1) is 4.34. The summed E-state index contributed by atoms with van der Waals surface area (Å²) in [6.07, 6.45) is 4.79. The molecule has 0 aromatic rings. The van der Waals surface area contributed by atoms with Gasteiger partial charge in [0.2, 0.25) is 0 Å². The van der Waals surface area contributed by atoms with Gasteiger partial charge in [-0.2, -0.15) is 0 Å². The first-order valence-corrected chi connectivity index (χ1v) is 3.30. The molecule has 50 valence electrons. The van der Waals surface area contributed by atoms with Gasteiger partial charge >= 0.3 is 0 Å². The van der Waals surface area contributed by atoms with Gasteiger partial charge in [0.25, 0.3) is 0 Å². The molecular formula is C7H12N2. The Hall–Kier alpha value is -0.790. The Morgan fingerprint density at radius 3 is 3.00 bits per heavy atom. The monoisotopic (exact) mass is 124 g/mol. The van der Waals surface area contributed by atoms with Crippen molar-refractivity contribution in [2.45, 2.75) is 26.3 Å². The fourth-order valence-corrected chi connectivity index (χ4v) is 0.938. The molecule has 0 spiro atoms. The number of nitrogens with zero attached hydrogens (tertiary/aromatic N) is 1. The van der Waals surface area contributed by atoms with Gasteiger partial charge < -0.3 is 5.32 Å². The quantitative estimate of drug-likeness (QED) is 0.559. The summed E-state index contributed by atoms with van der Waals surface area (Å²) in [5.74, 6) is 0. The van der Waals surface area contributed by atoms with E-state index in [9.17, 15) is 0 Å². The third-order valence-corrected chi connectivity index (χ3v) is 1.56. The normalized spacial score (nSPS) is 25.1. The first kappa shape index (κ1) is 6.33. The number of hydrogen-bond donors (Lipinski definition) is 1. The van der Waals surface area contributed by atoms with Gasteiger partial charge in [-0.1, -0.05) is 6.92 Å². The van der Waals surface area contributed by atoms with Crippen LogP contribution in [0.3, 0.4) is 0 Å². The summed E-state index contributed by atoms with van der Waals surface area (Å²) in [7, 11) is 0. The summed E-state index contributed by atoms with van der Waals surface area (Å²) in [5, 5.41) is 3.21. The minimum Gasteiger partial charge on any atom is -0.382 e. The lowest BCUT2D eigenvalue weighted by atomic mass is 10.1. The van der Waals surface area contributed by atoms with Crippen LogP contribution in [-0.4, -0.2) is 11.8 Å². The van der Waals surface area contributed by atoms with Crippen LogP contribution in [0.5, 0.6) is 0 Å². The predicted octanol–water partition coefficient (Wildman–Crippen LogP) is 1.30. The largest absolute Gasteiger partial charge is 0.382 e. The molecule has 9 heavy (non-hydrogen) atoms. The third kappa shape index (κ3) is 1.31. The number of rotatable bonds is 1. The third-order valence-electron chi connectivity index (χ3n) is 1.56. The van der Waals surface area contributed by atoms with E-state index in [0.717, 1.165) is 6.42 Å². The molecule has 1 aliphatic rings. The van der Waals surface area contributed by atoms with Crippen molar-refractivity contribution in [3.8, 4) is 0 Å². The van der Waals surface area contributed by atoms with Gasteiger partial charge in [0.05, 0.1) is 6.04 Å². The van der Waals surface area contributed by atoms with E-state index in [1.807, 2.05) is 13.1 Å². The first-order valence-electron chi connectivity index (χ1n) is 3.30. The van der Waals surface area contributed by atoms with Crippen molar-refractivity contribution in [1.82, 2.24) is 5.32 Å². The maximum absolute atomic E-state index is 4.16. The summed E-state index contributed by atoms with van der Waals surface area (Å²) >= 11 is 0. The van der Waals surface area contributed by atoms with Crippen molar-refractivity contribution in [1.29, 1.82) is 0 Å². The maximum atomic E-state index is 4.16. The minimum absolute atomic E-state index is 0.468. The highest BCUT2D eigenvalue weighted by Gasteiger charge is 2.07. The molecule has 0 radical (unpaired) electrons. The highest BCUT2D eigenvalue weighted by atomic mass is 15.0. The molecule has 1 unspecified atom stereocenters. The van der Waals surface area contributed by atoms with Crippen LogP contribution in [0, 0.1) is 0 Å². The molecule has 0 aromatic carbocycles. The summed E-state index contributed by atoms with van der Waals surface area (Å²) in [4.78, 5) is 4.16. The van der Waals surface area contributed by atoms with E-state index in [0.29, 0.717) is 6.04 Å². The molecule has 0 saturated heterocycles. The number of hydrogen-bond acceptors (Lipinski definition) is 2. The number of aliphatic imine (C=N–C) groups is 1. The van der Waals surface area contributed by atoms with Gasteiger partial charge in [-0.3, -0.25) is 4.99 Å². The molecule has 0 aliphatic carbocycles. The van der Waals surface area contributed by atoms with Crippen molar-refractivity contribution in [3.05, 3.63) is 12.4 Å². The Labute approximate surface area is 55.7 Å². The minimum atomic E-state index is 0.468. The van der Waals surface area contributed by atoms with Gasteiger partial charge in [-0.25, -0.2) is 0 Å². The second kappa shape index (κ2) is 2.67. The zero-order chi connectivity index (χ0) is 6.69. The van der Waals surface area contributed by atoms with E-state index in [1.54, 1.807) is 6.20 Å². The summed E-state index contributed by atoms with van der Waals surface area (Å²) < 4.78 is 0. The SMILES string of the molecule is CCC1NC=CN=C1C. The molecule has 1 rings (SSSR count). The van der Waals surface area contributed by atoms with Gasteiger partial charge in [0.15, 0.2) is 0 Å². The fraction of sp³-hybridized carbons (Fsp3) is 0.571. The van der Waals surface area contributed by atoms with Crippen LogP contribution in [0.1, 0.15) is 20.3 Å². The van der Waals surface area contributed by atoms with Crippen molar-refractivity contribution in [2.75, 3.05) is 0 Å². The molecule has 0 amide bonds. The van der Waals surface area contributed by atoms with Crippen LogP contribution >= 0.6 is 0 Å². The summed E-state index contributed by atoms with van der Waals surface area (Å²) in [6, 6.07) is 0.468. The maximum Gasteiger partial charge on any atom is 0.0635 e. The molecule has 1 aliphatic heterocycles. The smallest absolute Gasteiger partial charge is 0.0635 e. The van der Waals surface area contributed by atoms with Crippen molar-refractivity contribution < 1.29 is 0 Å². The topological polar surface area (TPSA) is 24.4 Å². The molecular weight excluding hydrogens is 112 g/mol. The Morgan fingerprint density at radius 2 is 2.56 bits per heavy atom. The average Bonchev–Trinajstić information content (AvgIpc) is 1.89. The Bertz CT molecular complexity index is 147. The van der Waals surface area contributed by atoms with Crippen LogP contribution in [0.25, 0.3) is 0 Å². The fourth-order valence-electron chi connectivity index (χ4n) is 0.938. The molecule has 1 heterocycles. The van der Waals surface area contributed by atoms with Crippen LogP contribution in [-0.2, 0) is 0 Å². The molecule has 0 bridgehead atoms. The van der Waals surface area contributed by atoms with Gasteiger partial charge in [0.1, 0.15) is 0 Å². The highest BCUT2D eigenvalue weighted by Crippen LogP contribution is 1.99. The number of nitrogens with one attached hydrogen (secondary N) is 1. The second-order valence-corrected chi connectivity index (χ2v) is 2.21. The zero-order valence-electron chi connectivity index (χ0n) is 5.89. The molecule has 0 fully saturated rings. The van der Waals surface area contributed by atoms with Crippen LogP contribution in [0.2, 0.25) is 0 Å². The van der Waals surface area contributed by atoms with E-state index < -0.39 is 0 Å². The zero-order valence-corrected chi connectivity index (χ0v) is 5.89. The van der Waals surface area contributed by atoms with Gasteiger partial charge in [-0.05, 0) is 13.3 Å². The van der Waals surface area contributed by atoms with Crippen molar-refractivity contribution in [2.24, 2.45) is 4.99 Å². The van der Waals surface area contributed by atoms with Crippen LogP contribution in [0.4, 0.5) is 0 Å². The van der Waals surface area contributed by atoms with Crippen molar-refractivity contribution >= 4 is 5.71 Å². The molecule has 0 aromatic heterocycles. The van der Waals surface area contributed by atoms with Crippen molar-refractivity contribution in [3.63, 3.8) is 0 Å². The van der Waals surface area contributed by atoms with Gasteiger partial charge in [0, 0.05) is 18.1 Å². The molecule has 1 atom stereocenters. The van der Waals surface area contributed by atoms with E-state index in [-0.39, 0.29) is 0 Å². The second-order valence-electron chi connectivity index (χ2n) is 2.21. The molecule has 2 heteroatoms. The highest BCUT2D eigenvalue weighted by molar-refractivity contribution is 5.88. The lowest BCUT2D eigenvalue weighted by Gasteiger charge is -2.16. The average molecular weight is 124 g/mol. The molecule has 0 saturated carbocycles. The van der Waals surface area contributed by atoms with E-state index in [4.69, 9.17) is 0 Å². The molecule has 2 nitrogen and oxygen atoms in total. The molecule has 1 N–H and O–H groups in total. The van der Waals surface area contributed by atoms with Gasteiger partial charge in [-0.15, -0.1) is 0 Å². The Morgan fingerprint density at radius 1 is 1.78 bits per heavy atom. The summed E-state index contributed by atoms with van der Waals surface area (Å²) in [6.45, 7) is 4.19. The van der Waals surface area contributed by atoms with E-state index in [2.05, 4.69) is 17.2 Å². The lowest BCUT2D eigenvalue weighted by molar-refractivity contribution is 0.696. The predicted molar refractivity (Wildman–Crippen MR) is 39.5 cm³/mol.